The number of unbranched alkanes of at least 4 members (excludes halogenated alkanes) is 15. The summed E-state index contributed by atoms with van der Waals surface area (Å²) >= 11 is 0. The number of carbonyl (C=O) groups is 2. The Kier molecular flexibility index (Phi) is 34.1. The van der Waals surface area contributed by atoms with E-state index in [-0.39, 0.29) is 18.7 Å². The number of allylic oxidation sites excluding steroid dienone is 10. The smallest absolute Gasteiger partial charge is 0.462 e. The van der Waals surface area contributed by atoms with Crippen LogP contribution in [0.1, 0.15) is 174 Å². The van der Waals surface area contributed by atoms with Gasteiger partial charge >= 0.3 is 33.3 Å². The molecule has 0 saturated carbocycles. The van der Waals surface area contributed by atoms with Crippen molar-refractivity contribution in [1.29, 1.82) is 0 Å². The van der Waals surface area contributed by atoms with E-state index in [9.17, 15) is 43.5 Å². The lowest BCUT2D eigenvalue weighted by Gasteiger charge is -2.21. The largest absolute Gasteiger partial charge is 0.481 e. The Morgan fingerprint density at radius 3 is 1.77 bits per heavy atom. The molecule has 0 radical (unpaired) electrons. The molecule has 2 rings (SSSR count). The summed E-state index contributed by atoms with van der Waals surface area (Å²) < 4.78 is 56.8. The molecule has 1 fully saturated rings. The molecule has 7 atom stereocenters. The second kappa shape index (κ2) is 38.1. The molecule has 0 aromatic carbocycles. The van der Waals surface area contributed by atoms with Crippen LogP contribution in [0.4, 0.5) is 5.82 Å². The first-order chi connectivity index (χ1) is 33.7. The molecule has 0 amide bonds. The van der Waals surface area contributed by atoms with E-state index in [0.29, 0.717) is 12.8 Å². The van der Waals surface area contributed by atoms with Gasteiger partial charge in [-0.2, -0.15) is 9.29 Å². The van der Waals surface area contributed by atoms with E-state index in [0.717, 1.165) is 113 Å². The van der Waals surface area contributed by atoms with E-state index in [1.165, 1.54) is 31.7 Å². The van der Waals surface area contributed by atoms with E-state index in [4.69, 9.17) is 29.0 Å². The maximum Gasteiger partial charge on any atom is 0.481 e. The number of hydrogen-bond acceptors (Lipinski definition) is 15. The van der Waals surface area contributed by atoms with Crippen molar-refractivity contribution >= 4 is 33.4 Å². The Bertz CT molecular complexity index is 1910. The van der Waals surface area contributed by atoms with Gasteiger partial charge in [0.05, 0.1) is 13.2 Å². The van der Waals surface area contributed by atoms with Crippen molar-refractivity contribution in [3.05, 3.63) is 83.5 Å². The fourth-order valence-electron chi connectivity index (χ4n) is 7.18. The van der Waals surface area contributed by atoms with Gasteiger partial charge in [-0.1, -0.05) is 139 Å². The Balaban J connectivity index is 1.82. The van der Waals surface area contributed by atoms with Gasteiger partial charge in [-0.15, -0.1) is 0 Å². The SMILES string of the molecule is CCC=CCC=CCC=CCC=CCCCCCCC(=O)OC(COC(=O)CCCCCCCCCC=CCCCCCC)COP(=O)(O)OP(=O)(O)OCC1OC(n2ccc(N)nc2=O)C(O)C1O. The first-order valence-corrected chi connectivity index (χ1v) is 28.3. The van der Waals surface area contributed by atoms with Crippen LogP contribution in [0.15, 0.2) is 77.8 Å². The molecular weight excluding hydrogens is 945 g/mol. The molecule has 0 bridgehead atoms. The van der Waals surface area contributed by atoms with Gasteiger partial charge in [-0.3, -0.25) is 23.2 Å². The van der Waals surface area contributed by atoms with E-state index in [2.05, 4.69) is 83.9 Å². The summed E-state index contributed by atoms with van der Waals surface area (Å²) in [6.07, 6.45) is 37.2. The third-order valence-corrected chi connectivity index (χ3v) is 13.7. The Morgan fingerprint density at radius 2 is 1.20 bits per heavy atom. The monoisotopic (exact) mass is 1030 g/mol. The van der Waals surface area contributed by atoms with Gasteiger partial charge in [0, 0.05) is 19.0 Å². The molecule has 1 aliphatic rings. The maximum absolute atomic E-state index is 12.9. The van der Waals surface area contributed by atoms with Crippen LogP contribution >= 0.6 is 15.6 Å². The number of nitrogens with zero attached hydrogens (tertiary/aromatic N) is 2. The minimum absolute atomic E-state index is 0.0192. The fourth-order valence-corrected chi connectivity index (χ4v) is 9.29. The zero-order chi connectivity index (χ0) is 51.3. The van der Waals surface area contributed by atoms with Crippen molar-refractivity contribution in [2.24, 2.45) is 0 Å². The lowest BCUT2D eigenvalue weighted by Crippen LogP contribution is -2.36. The van der Waals surface area contributed by atoms with Gasteiger partial charge in [0.2, 0.25) is 0 Å². The van der Waals surface area contributed by atoms with E-state index >= 15 is 0 Å². The van der Waals surface area contributed by atoms with Crippen LogP contribution in [-0.4, -0.2) is 85.7 Å². The van der Waals surface area contributed by atoms with Crippen LogP contribution in [0.3, 0.4) is 0 Å². The standard InChI is InChI=1S/C50H83N3O15P2/c1-3-5-7-9-11-13-15-17-19-20-22-24-26-28-30-32-34-36-46(55)66-42(39-63-45(54)35-33-31-29-27-25-23-21-18-16-14-12-10-8-6-4-2)40-64-69(59,60)68-70(61,62)65-41-43-47(56)48(57)49(67-43)53-38-37-44(51)52-50(53)58/h5,7,11,13-14,16-17,19,22,24,37-38,42-43,47-49,56-57H,3-4,6,8-10,12,15,18,20-21,23,25-36,39-41H2,1-2H3,(H,59,60)(H,61,62)(H2,51,52,58). The van der Waals surface area contributed by atoms with Crippen molar-refractivity contribution in [2.45, 2.75) is 199 Å². The molecule has 6 N–H and O–H groups in total. The number of aromatic nitrogens is 2. The van der Waals surface area contributed by atoms with Gasteiger partial charge in [0.25, 0.3) is 0 Å². The average molecular weight is 1030 g/mol. The summed E-state index contributed by atoms with van der Waals surface area (Å²) in [6, 6.07) is 1.25. The number of nitrogens with two attached hydrogens (primary N) is 1. The Labute approximate surface area is 415 Å². The van der Waals surface area contributed by atoms with Gasteiger partial charge in [0.1, 0.15) is 30.7 Å². The number of phosphoric ester groups is 2. The molecule has 1 saturated heterocycles. The van der Waals surface area contributed by atoms with Crippen LogP contribution in [0, 0.1) is 0 Å². The molecule has 0 aliphatic carbocycles. The number of phosphoric acid groups is 2. The number of carbonyl (C=O) groups excluding carboxylic acids is 2. The summed E-state index contributed by atoms with van der Waals surface area (Å²) in [7, 11) is -10.9. The van der Waals surface area contributed by atoms with Crippen LogP contribution in [0.5, 0.6) is 0 Å². The number of rotatable bonds is 41. The van der Waals surface area contributed by atoms with E-state index in [1.54, 1.807) is 0 Å². The van der Waals surface area contributed by atoms with Crippen LogP contribution < -0.4 is 11.4 Å². The molecular formula is C50H83N3O15P2. The predicted octanol–water partition coefficient (Wildman–Crippen LogP) is 10.3. The highest BCUT2D eigenvalue weighted by Gasteiger charge is 2.46. The van der Waals surface area contributed by atoms with Crippen molar-refractivity contribution in [1.82, 2.24) is 9.55 Å². The van der Waals surface area contributed by atoms with Crippen molar-refractivity contribution in [3.63, 3.8) is 0 Å². The summed E-state index contributed by atoms with van der Waals surface area (Å²) in [5.74, 6) is -1.33. The molecule has 20 heteroatoms. The van der Waals surface area contributed by atoms with Crippen molar-refractivity contribution < 1.29 is 66.3 Å². The quantitative estimate of drug-likeness (QED) is 0.0177. The minimum atomic E-state index is -5.43. The van der Waals surface area contributed by atoms with Crippen molar-refractivity contribution in [2.75, 3.05) is 25.6 Å². The lowest BCUT2D eigenvalue weighted by molar-refractivity contribution is -0.161. The summed E-state index contributed by atoms with van der Waals surface area (Å²) in [5, 5.41) is 20.9. The fraction of sp³-hybridized carbons (Fsp3) is 0.680. The molecule has 7 unspecified atom stereocenters. The van der Waals surface area contributed by atoms with Crippen molar-refractivity contribution in [3.8, 4) is 0 Å². The third kappa shape index (κ3) is 30.4. The molecule has 2 heterocycles. The lowest BCUT2D eigenvalue weighted by atomic mass is 10.1. The second-order valence-corrected chi connectivity index (χ2v) is 20.3. The second-order valence-electron chi connectivity index (χ2n) is 17.3. The highest BCUT2D eigenvalue weighted by atomic mass is 31.3. The normalized spacial score (nSPS) is 19.7. The first-order valence-electron chi connectivity index (χ1n) is 25.3. The highest BCUT2D eigenvalue weighted by molar-refractivity contribution is 7.61. The molecule has 70 heavy (non-hydrogen) atoms. The molecule has 1 aromatic rings. The van der Waals surface area contributed by atoms with Crippen LogP contribution in [0.25, 0.3) is 0 Å². The summed E-state index contributed by atoms with van der Waals surface area (Å²) in [5.41, 5.74) is 4.59. The number of aliphatic hydroxyl groups is 2. The van der Waals surface area contributed by atoms with Crippen LogP contribution in [-0.2, 0) is 46.3 Å². The zero-order valence-electron chi connectivity index (χ0n) is 41.6. The number of hydrogen-bond donors (Lipinski definition) is 5. The topological polar surface area (TPSA) is 265 Å². The molecule has 398 valence electrons. The number of anilines is 1. The minimum Gasteiger partial charge on any atom is -0.462 e. The molecule has 1 aliphatic heterocycles. The van der Waals surface area contributed by atoms with Gasteiger partial charge in [-0.25, -0.2) is 13.9 Å². The number of ether oxygens (including phenoxy) is 3. The molecule has 1 aromatic heterocycles. The van der Waals surface area contributed by atoms with E-state index in [1.807, 2.05) is 0 Å². The Morgan fingerprint density at radius 1 is 0.700 bits per heavy atom. The van der Waals surface area contributed by atoms with Crippen LogP contribution in [0.2, 0.25) is 0 Å². The van der Waals surface area contributed by atoms with Gasteiger partial charge in [-0.05, 0) is 83.1 Å². The Hall–Kier alpha value is -3.54. The third-order valence-electron chi connectivity index (χ3n) is 11.1. The molecule has 0 spiro atoms. The summed E-state index contributed by atoms with van der Waals surface area (Å²) in [6.45, 7) is 2.00. The highest BCUT2D eigenvalue weighted by Crippen LogP contribution is 2.60. The predicted molar refractivity (Wildman–Crippen MR) is 270 cm³/mol. The van der Waals surface area contributed by atoms with E-state index < -0.39 is 83.7 Å². The number of nitrogen functional groups attached to an aromatic ring is 1. The first kappa shape index (κ1) is 62.6. The van der Waals surface area contributed by atoms with Gasteiger partial charge < -0.3 is 39.9 Å². The number of aliphatic hydroxyl groups excluding tert-OH is 2. The molecule has 18 nitrogen and oxygen atoms in total. The maximum atomic E-state index is 12.9. The zero-order valence-corrected chi connectivity index (χ0v) is 43.3. The summed E-state index contributed by atoms with van der Waals surface area (Å²) in [4.78, 5) is 61.9. The van der Waals surface area contributed by atoms with Gasteiger partial charge in [0.15, 0.2) is 12.3 Å². The number of esters is 2. The average Bonchev–Trinajstić information content (AvgIpc) is 3.59.